The number of hydrogen-bond acceptors (Lipinski definition) is 6. The molecule has 2 atom stereocenters. The van der Waals surface area contributed by atoms with Crippen LogP contribution in [-0.2, 0) is 16.1 Å². The number of carbonyl (C=O) groups is 2. The Bertz CT molecular complexity index is 737. The second kappa shape index (κ2) is 7.63. The maximum Gasteiger partial charge on any atom is 0.348 e. The molecule has 1 aliphatic carbocycles. The molecule has 0 saturated heterocycles. The van der Waals surface area contributed by atoms with Crippen LogP contribution in [-0.4, -0.2) is 25.0 Å². The molecule has 3 N–H and O–H groups in total. The third kappa shape index (κ3) is 3.34. The van der Waals surface area contributed by atoms with Gasteiger partial charge in [0, 0.05) is 22.7 Å². The van der Waals surface area contributed by atoms with Crippen LogP contribution in [0.2, 0.25) is 0 Å². The number of nitrogens with one attached hydrogen (secondary N) is 1. The van der Waals surface area contributed by atoms with Crippen LogP contribution in [0.3, 0.4) is 0 Å². The monoisotopic (exact) mass is 366 g/mol. The van der Waals surface area contributed by atoms with Crippen molar-refractivity contribution in [2.24, 2.45) is 17.6 Å². The van der Waals surface area contributed by atoms with E-state index in [0.717, 1.165) is 34.2 Å². The van der Waals surface area contributed by atoms with Gasteiger partial charge >= 0.3 is 5.97 Å². The van der Waals surface area contributed by atoms with Crippen molar-refractivity contribution in [1.82, 2.24) is 5.32 Å². The highest BCUT2D eigenvalue weighted by atomic mass is 32.1. The normalized spacial score (nSPS) is 20.4. The lowest BCUT2D eigenvalue weighted by molar-refractivity contribution is -0.126. The first-order chi connectivity index (χ1) is 11.7. The molecule has 0 aromatic carbocycles. The summed E-state index contributed by atoms with van der Waals surface area (Å²) in [5.74, 6) is 0.0155. The van der Waals surface area contributed by atoms with E-state index in [1.165, 1.54) is 11.3 Å². The van der Waals surface area contributed by atoms with E-state index < -0.39 is 0 Å². The molecule has 24 heavy (non-hydrogen) atoms. The number of ether oxygens (including phenoxy) is 1. The van der Waals surface area contributed by atoms with Crippen molar-refractivity contribution in [1.29, 1.82) is 0 Å². The highest BCUT2D eigenvalue weighted by Gasteiger charge is 2.32. The number of carbonyl (C=O) groups excluding carboxylic acids is 2. The smallest absolute Gasteiger partial charge is 0.348 e. The summed E-state index contributed by atoms with van der Waals surface area (Å²) < 4.78 is 7.28. The summed E-state index contributed by atoms with van der Waals surface area (Å²) >= 11 is 3.02. The van der Waals surface area contributed by atoms with E-state index in [1.54, 1.807) is 18.3 Å². The number of rotatable bonds is 6. The lowest BCUT2D eigenvalue weighted by atomic mass is 9.95. The quantitative estimate of drug-likeness (QED) is 0.770. The standard InChI is InChI=1S/C17H22N2O3S2/c1-2-22-17(21)15-12(14-13(24-15)6-7-23-14)9-19-16(20)11-5-3-4-10(11)8-18/h6-7,10-11H,2-5,8-9,18H2,1H3,(H,19,20)/t10-,11-/m1/s1. The highest BCUT2D eigenvalue weighted by Crippen LogP contribution is 2.36. The van der Waals surface area contributed by atoms with Crippen LogP contribution < -0.4 is 11.1 Å². The average Bonchev–Trinajstić information content (AvgIpc) is 3.28. The molecule has 5 nitrogen and oxygen atoms in total. The van der Waals surface area contributed by atoms with Crippen LogP contribution in [0.1, 0.15) is 41.4 Å². The molecule has 0 spiro atoms. The van der Waals surface area contributed by atoms with Crippen LogP contribution in [0.5, 0.6) is 0 Å². The van der Waals surface area contributed by atoms with Gasteiger partial charge in [0.2, 0.25) is 5.91 Å². The molecule has 0 bridgehead atoms. The van der Waals surface area contributed by atoms with Crippen molar-refractivity contribution in [3.63, 3.8) is 0 Å². The van der Waals surface area contributed by atoms with Gasteiger partial charge < -0.3 is 15.8 Å². The van der Waals surface area contributed by atoms with Crippen molar-refractivity contribution in [2.45, 2.75) is 32.7 Å². The molecule has 0 radical (unpaired) electrons. The zero-order valence-corrected chi connectivity index (χ0v) is 15.3. The number of thiophene rings is 2. The first-order valence-corrected chi connectivity index (χ1v) is 9.99. The van der Waals surface area contributed by atoms with E-state index >= 15 is 0 Å². The summed E-state index contributed by atoms with van der Waals surface area (Å²) in [6.07, 6.45) is 2.98. The Balaban J connectivity index is 1.76. The zero-order chi connectivity index (χ0) is 17.1. The Hall–Kier alpha value is -1.44. The van der Waals surface area contributed by atoms with Gasteiger partial charge in [0.1, 0.15) is 4.88 Å². The SMILES string of the molecule is CCOC(=O)c1sc2ccsc2c1CNC(=O)[C@@H]1CCC[C@@H]1CN. The molecular weight excluding hydrogens is 344 g/mol. The Morgan fingerprint density at radius 2 is 2.25 bits per heavy atom. The predicted octanol–water partition coefficient (Wildman–Crippen LogP) is 3.13. The molecule has 3 rings (SSSR count). The van der Waals surface area contributed by atoms with Gasteiger partial charge in [-0.25, -0.2) is 4.79 Å². The van der Waals surface area contributed by atoms with E-state index in [-0.39, 0.29) is 23.7 Å². The number of amides is 1. The van der Waals surface area contributed by atoms with Gasteiger partial charge in [0.05, 0.1) is 11.3 Å². The summed E-state index contributed by atoms with van der Waals surface area (Å²) in [6.45, 7) is 3.06. The first kappa shape index (κ1) is 17.4. The minimum Gasteiger partial charge on any atom is -0.462 e. The molecule has 0 unspecified atom stereocenters. The third-order valence-electron chi connectivity index (χ3n) is 4.59. The van der Waals surface area contributed by atoms with Crippen molar-refractivity contribution in [3.8, 4) is 0 Å². The highest BCUT2D eigenvalue weighted by molar-refractivity contribution is 7.28. The molecule has 2 heterocycles. The van der Waals surface area contributed by atoms with E-state index in [1.807, 2.05) is 11.4 Å². The second-order valence-electron chi connectivity index (χ2n) is 6.00. The van der Waals surface area contributed by atoms with E-state index in [4.69, 9.17) is 10.5 Å². The van der Waals surface area contributed by atoms with Crippen LogP contribution in [0, 0.1) is 11.8 Å². The fraction of sp³-hybridized carbons (Fsp3) is 0.529. The van der Waals surface area contributed by atoms with E-state index in [2.05, 4.69) is 5.32 Å². The molecule has 1 saturated carbocycles. The Labute approximate surface area is 149 Å². The van der Waals surface area contributed by atoms with Gasteiger partial charge in [0.25, 0.3) is 0 Å². The topological polar surface area (TPSA) is 81.4 Å². The van der Waals surface area contributed by atoms with Crippen LogP contribution in [0.25, 0.3) is 9.40 Å². The first-order valence-electron chi connectivity index (χ1n) is 8.29. The third-order valence-corrected chi connectivity index (χ3v) is 6.87. The second-order valence-corrected chi connectivity index (χ2v) is 7.96. The maximum atomic E-state index is 12.5. The lowest BCUT2D eigenvalue weighted by Crippen LogP contribution is -2.34. The van der Waals surface area contributed by atoms with E-state index in [9.17, 15) is 9.59 Å². The fourth-order valence-electron chi connectivity index (χ4n) is 3.37. The van der Waals surface area contributed by atoms with Gasteiger partial charge in [-0.1, -0.05) is 6.42 Å². The largest absolute Gasteiger partial charge is 0.462 e. The van der Waals surface area contributed by atoms with Crippen LogP contribution >= 0.6 is 22.7 Å². The molecule has 1 fully saturated rings. The van der Waals surface area contributed by atoms with Crippen molar-refractivity contribution < 1.29 is 14.3 Å². The number of nitrogens with two attached hydrogens (primary N) is 1. The molecule has 1 aliphatic rings. The Morgan fingerprint density at radius 3 is 3.00 bits per heavy atom. The molecule has 130 valence electrons. The Morgan fingerprint density at radius 1 is 1.42 bits per heavy atom. The Kier molecular flexibility index (Phi) is 5.53. The van der Waals surface area contributed by atoms with Gasteiger partial charge in [-0.15, -0.1) is 22.7 Å². The molecule has 2 aromatic rings. The number of hydrogen-bond donors (Lipinski definition) is 2. The molecule has 0 aliphatic heterocycles. The van der Waals surface area contributed by atoms with Gasteiger partial charge in [0.15, 0.2) is 0 Å². The molecular formula is C17H22N2O3S2. The lowest BCUT2D eigenvalue weighted by Gasteiger charge is -2.17. The van der Waals surface area contributed by atoms with Gasteiger partial charge in [-0.2, -0.15) is 0 Å². The minimum atomic E-state index is -0.309. The minimum absolute atomic E-state index is 0.00138. The number of esters is 1. The van der Waals surface area contributed by atoms with E-state index in [0.29, 0.717) is 24.6 Å². The summed E-state index contributed by atoms with van der Waals surface area (Å²) in [7, 11) is 0. The zero-order valence-electron chi connectivity index (χ0n) is 13.7. The van der Waals surface area contributed by atoms with Crippen LogP contribution in [0.4, 0.5) is 0 Å². The maximum absolute atomic E-state index is 12.5. The van der Waals surface area contributed by atoms with Crippen molar-refractivity contribution in [2.75, 3.05) is 13.2 Å². The predicted molar refractivity (Wildman–Crippen MR) is 97.4 cm³/mol. The number of fused-ring (bicyclic) bond motifs is 1. The summed E-state index contributed by atoms with van der Waals surface area (Å²) in [4.78, 5) is 25.3. The van der Waals surface area contributed by atoms with Gasteiger partial charge in [-0.05, 0) is 43.7 Å². The molecule has 7 heteroatoms. The summed E-state index contributed by atoms with van der Waals surface area (Å²) in [5, 5.41) is 5.02. The van der Waals surface area contributed by atoms with Crippen LogP contribution in [0.15, 0.2) is 11.4 Å². The molecule has 2 aromatic heterocycles. The van der Waals surface area contributed by atoms with Crippen molar-refractivity contribution >= 4 is 43.9 Å². The average molecular weight is 367 g/mol. The molecule has 1 amide bonds. The summed E-state index contributed by atoms with van der Waals surface area (Å²) in [6, 6.07) is 2.00. The van der Waals surface area contributed by atoms with Gasteiger partial charge in [-0.3, -0.25) is 4.79 Å². The summed E-state index contributed by atoms with van der Waals surface area (Å²) in [5.41, 5.74) is 6.65. The van der Waals surface area contributed by atoms with Crippen molar-refractivity contribution in [3.05, 3.63) is 21.9 Å². The fourth-order valence-corrected chi connectivity index (χ4v) is 5.64.